The fourth-order valence-electron chi connectivity index (χ4n) is 1.01. The lowest BCUT2D eigenvalue weighted by Crippen LogP contribution is -2.08. The van der Waals surface area contributed by atoms with Crippen LogP contribution >= 0.6 is 12.6 Å². The van der Waals surface area contributed by atoms with Gasteiger partial charge in [0.25, 0.3) is 0 Å². The minimum absolute atomic E-state index is 0.0609. The highest BCUT2D eigenvalue weighted by Crippen LogP contribution is 2.22. The molecule has 18 heavy (non-hydrogen) atoms. The van der Waals surface area contributed by atoms with Crippen molar-refractivity contribution in [3.05, 3.63) is 22.5 Å². The van der Waals surface area contributed by atoms with E-state index in [9.17, 15) is 18.3 Å². The van der Waals surface area contributed by atoms with Crippen molar-refractivity contribution in [1.82, 2.24) is 0 Å². The predicted molar refractivity (Wildman–Crippen MR) is 68.5 cm³/mol. The highest BCUT2D eigenvalue weighted by Gasteiger charge is 2.26. The second-order valence-electron chi connectivity index (χ2n) is 4.24. The van der Waals surface area contributed by atoms with Gasteiger partial charge < -0.3 is 9.84 Å². The molecule has 106 valence electrons. The monoisotopic (exact) mass is 284 g/mol. The molecule has 0 saturated carbocycles. The van der Waals surface area contributed by atoms with Crippen molar-refractivity contribution in [2.75, 3.05) is 6.61 Å². The maximum atomic E-state index is 11.9. The molecule has 0 bridgehead atoms. The molecule has 2 nitrogen and oxygen atoms in total. The molecule has 0 rings (SSSR count). The van der Waals surface area contributed by atoms with E-state index in [0.29, 0.717) is 10.7 Å². The quantitative estimate of drug-likeness (QED) is 0.323. The van der Waals surface area contributed by atoms with Gasteiger partial charge in [0.1, 0.15) is 5.76 Å². The van der Waals surface area contributed by atoms with Crippen molar-refractivity contribution in [3.8, 4) is 0 Å². The average molecular weight is 284 g/mol. The van der Waals surface area contributed by atoms with Gasteiger partial charge in [0.2, 0.25) is 0 Å². The normalized spacial score (nSPS) is 14.8. The Kier molecular flexibility index (Phi) is 7.28. The molecule has 0 heterocycles. The first-order valence-electron chi connectivity index (χ1n) is 5.63. The van der Waals surface area contributed by atoms with Crippen molar-refractivity contribution in [1.29, 1.82) is 0 Å². The Hall–Kier alpha value is -0.780. The number of thiol groups is 1. The third-order valence-electron chi connectivity index (χ3n) is 2.09. The fraction of sp³-hybridized carbons (Fsp3) is 0.667. The van der Waals surface area contributed by atoms with E-state index in [-0.39, 0.29) is 24.7 Å². The number of aliphatic hydroxyl groups is 1. The van der Waals surface area contributed by atoms with Gasteiger partial charge in [-0.1, -0.05) is 13.8 Å². The summed E-state index contributed by atoms with van der Waals surface area (Å²) in [6.07, 6.45) is -3.78. The summed E-state index contributed by atoms with van der Waals surface area (Å²) in [6, 6.07) is 0. The van der Waals surface area contributed by atoms with Crippen LogP contribution < -0.4 is 0 Å². The van der Waals surface area contributed by atoms with Crippen LogP contribution in [-0.4, -0.2) is 17.9 Å². The van der Waals surface area contributed by atoms with Crippen molar-refractivity contribution >= 4 is 12.6 Å². The number of halogens is 3. The lowest BCUT2D eigenvalue weighted by molar-refractivity contribution is -0.137. The van der Waals surface area contributed by atoms with Crippen LogP contribution in [0.25, 0.3) is 0 Å². The number of aliphatic hydroxyl groups excluding tert-OH is 1. The summed E-state index contributed by atoms with van der Waals surface area (Å²) in [6.45, 7) is 5.17. The standard InChI is InChI=1S/C12H19F3O2S/c1-8(2)10(16)7-11(9(3)18)17-6-4-5-12(13,14)15/h7-8,16,18H,4-6H2,1-3H3/b10-7?,11-9-. The van der Waals surface area contributed by atoms with Gasteiger partial charge in [0.05, 0.1) is 12.4 Å². The van der Waals surface area contributed by atoms with E-state index in [0.717, 1.165) is 0 Å². The first-order chi connectivity index (χ1) is 8.13. The summed E-state index contributed by atoms with van der Waals surface area (Å²) in [5, 5.41) is 9.56. The van der Waals surface area contributed by atoms with Gasteiger partial charge in [-0.25, -0.2) is 0 Å². The van der Waals surface area contributed by atoms with E-state index in [2.05, 4.69) is 12.6 Å². The maximum absolute atomic E-state index is 11.9. The summed E-state index contributed by atoms with van der Waals surface area (Å²) in [5.41, 5.74) is 0. The molecule has 0 aromatic rings. The van der Waals surface area contributed by atoms with E-state index in [1.165, 1.54) is 6.08 Å². The Morgan fingerprint density at radius 2 is 1.94 bits per heavy atom. The molecule has 0 aliphatic rings. The van der Waals surface area contributed by atoms with Crippen LogP contribution in [0.5, 0.6) is 0 Å². The maximum Gasteiger partial charge on any atom is 0.389 e. The Bertz CT molecular complexity index is 316. The van der Waals surface area contributed by atoms with Gasteiger partial charge in [0.15, 0.2) is 0 Å². The Morgan fingerprint density at radius 1 is 1.39 bits per heavy atom. The van der Waals surface area contributed by atoms with Gasteiger partial charge in [-0.2, -0.15) is 13.2 Å². The number of hydrogen-bond acceptors (Lipinski definition) is 3. The minimum Gasteiger partial charge on any atom is -0.512 e. The molecule has 0 aliphatic carbocycles. The first-order valence-corrected chi connectivity index (χ1v) is 6.08. The average Bonchev–Trinajstić information content (AvgIpc) is 2.20. The minimum atomic E-state index is -4.17. The topological polar surface area (TPSA) is 29.5 Å². The van der Waals surface area contributed by atoms with E-state index < -0.39 is 12.6 Å². The van der Waals surface area contributed by atoms with Crippen LogP contribution in [0.1, 0.15) is 33.6 Å². The number of alkyl halides is 3. The molecule has 0 fully saturated rings. The summed E-state index contributed by atoms with van der Waals surface area (Å²) in [4.78, 5) is 0.509. The summed E-state index contributed by atoms with van der Waals surface area (Å²) in [5.74, 6) is 0.326. The van der Waals surface area contributed by atoms with Crippen LogP contribution in [-0.2, 0) is 4.74 Å². The molecule has 0 aromatic heterocycles. The molecular weight excluding hydrogens is 265 g/mol. The summed E-state index contributed by atoms with van der Waals surface area (Å²) in [7, 11) is 0. The zero-order valence-corrected chi connectivity index (χ0v) is 11.6. The molecule has 0 atom stereocenters. The fourth-order valence-corrected chi connectivity index (χ4v) is 1.14. The Morgan fingerprint density at radius 3 is 2.33 bits per heavy atom. The van der Waals surface area contributed by atoms with E-state index in [1.807, 2.05) is 0 Å². The molecule has 0 radical (unpaired) electrons. The van der Waals surface area contributed by atoms with Crippen molar-refractivity contribution in [2.45, 2.75) is 39.8 Å². The van der Waals surface area contributed by atoms with Crippen LogP contribution in [0, 0.1) is 5.92 Å². The largest absolute Gasteiger partial charge is 0.512 e. The molecule has 0 aromatic carbocycles. The Balaban J connectivity index is 4.34. The van der Waals surface area contributed by atoms with Crippen LogP contribution in [0.2, 0.25) is 0 Å². The van der Waals surface area contributed by atoms with Gasteiger partial charge in [-0.3, -0.25) is 0 Å². The zero-order valence-electron chi connectivity index (χ0n) is 10.7. The number of rotatable bonds is 6. The van der Waals surface area contributed by atoms with Crippen molar-refractivity contribution in [3.63, 3.8) is 0 Å². The molecule has 0 spiro atoms. The molecule has 0 saturated heterocycles. The second-order valence-corrected chi connectivity index (χ2v) is 4.91. The third-order valence-corrected chi connectivity index (χ3v) is 2.31. The number of allylic oxidation sites excluding steroid dienone is 3. The van der Waals surface area contributed by atoms with Crippen molar-refractivity contribution in [2.24, 2.45) is 5.92 Å². The van der Waals surface area contributed by atoms with E-state index in [1.54, 1.807) is 20.8 Å². The SMILES string of the molecule is C/C(S)=C(\C=C(O)C(C)C)OCCCC(F)(F)F. The molecule has 0 amide bonds. The summed E-state index contributed by atoms with van der Waals surface area (Å²) < 4.78 is 40.9. The number of hydrogen-bond donors (Lipinski definition) is 2. The van der Waals surface area contributed by atoms with Crippen LogP contribution in [0.4, 0.5) is 13.2 Å². The summed E-state index contributed by atoms with van der Waals surface area (Å²) >= 11 is 4.07. The van der Waals surface area contributed by atoms with Crippen LogP contribution in [0.3, 0.4) is 0 Å². The zero-order chi connectivity index (χ0) is 14.3. The molecule has 0 aliphatic heterocycles. The third kappa shape index (κ3) is 8.33. The lowest BCUT2D eigenvalue weighted by Gasteiger charge is -2.11. The van der Waals surface area contributed by atoms with Crippen molar-refractivity contribution < 1.29 is 23.0 Å². The number of ether oxygens (including phenoxy) is 1. The smallest absolute Gasteiger partial charge is 0.389 e. The Labute approximate surface area is 111 Å². The van der Waals surface area contributed by atoms with E-state index >= 15 is 0 Å². The van der Waals surface area contributed by atoms with Gasteiger partial charge in [-0.15, -0.1) is 12.6 Å². The van der Waals surface area contributed by atoms with Gasteiger partial charge >= 0.3 is 6.18 Å². The molecule has 1 N–H and O–H groups in total. The van der Waals surface area contributed by atoms with Gasteiger partial charge in [-0.05, 0) is 13.3 Å². The predicted octanol–water partition coefficient (Wildman–Crippen LogP) is 4.60. The molecule has 6 heteroatoms. The molecular formula is C12H19F3O2S. The first kappa shape index (κ1) is 17.2. The van der Waals surface area contributed by atoms with E-state index in [4.69, 9.17) is 4.74 Å². The highest BCUT2D eigenvalue weighted by atomic mass is 32.1. The lowest BCUT2D eigenvalue weighted by atomic mass is 10.1. The van der Waals surface area contributed by atoms with Gasteiger partial charge in [0, 0.05) is 23.3 Å². The highest BCUT2D eigenvalue weighted by molar-refractivity contribution is 7.84. The molecule has 0 unspecified atom stereocenters. The van der Waals surface area contributed by atoms with Crippen LogP contribution in [0.15, 0.2) is 22.5 Å². The second kappa shape index (κ2) is 7.61.